The van der Waals surface area contributed by atoms with Gasteiger partial charge in [-0.1, -0.05) is 18.0 Å². The van der Waals surface area contributed by atoms with Crippen molar-refractivity contribution in [3.63, 3.8) is 0 Å². The van der Waals surface area contributed by atoms with Crippen LogP contribution in [-0.4, -0.2) is 29.9 Å². The number of likely N-dealkylation sites (tertiary alicyclic amines) is 1. The minimum Gasteiger partial charge on any atom is -0.323 e. The summed E-state index contributed by atoms with van der Waals surface area (Å²) >= 11 is 5.90. The zero-order chi connectivity index (χ0) is 13.8. The van der Waals surface area contributed by atoms with Crippen LogP contribution in [0.2, 0.25) is 5.02 Å². The van der Waals surface area contributed by atoms with Gasteiger partial charge in [0.25, 0.3) is 0 Å². The number of benzene rings is 1. The lowest BCUT2D eigenvalue weighted by molar-refractivity contribution is -0.121. The Hall–Kier alpha value is -1.13. The van der Waals surface area contributed by atoms with E-state index in [2.05, 4.69) is 10.2 Å². The summed E-state index contributed by atoms with van der Waals surface area (Å²) in [5.74, 6) is -0.512. The molecule has 3 nitrogen and oxygen atoms in total. The third-order valence-electron chi connectivity index (χ3n) is 3.51. The van der Waals surface area contributed by atoms with Crippen molar-refractivity contribution in [1.29, 1.82) is 0 Å². The summed E-state index contributed by atoms with van der Waals surface area (Å²) in [6.07, 6.45) is 3.50. The third-order valence-corrected chi connectivity index (χ3v) is 3.82. The van der Waals surface area contributed by atoms with Crippen molar-refractivity contribution in [2.45, 2.75) is 32.2 Å². The van der Waals surface area contributed by atoms with Crippen molar-refractivity contribution >= 4 is 23.2 Å². The first-order valence-electron chi connectivity index (χ1n) is 6.58. The lowest BCUT2D eigenvalue weighted by atomic mass is 10.1. The average Bonchev–Trinajstić information content (AvgIpc) is 2.42. The van der Waals surface area contributed by atoms with Gasteiger partial charge in [0.05, 0.1) is 16.8 Å². The molecule has 19 heavy (non-hydrogen) atoms. The molecule has 5 heteroatoms. The second kappa shape index (κ2) is 6.35. The number of anilines is 1. The minimum absolute atomic E-state index is 0.101. The van der Waals surface area contributed by atoms with Crippen LogP contribution in [0.25, 0.3) is 0 Å². The smallest absolute Gasteiger partial charge is 0.241 e. The topological polar surface area (TPSA) is 32.3 Å². The van der Waals surface area contributed by atoms with E-state index >= 15 is 0 Å². The van der Waals surface area contributed by atoms with Gasteiger partial charge in [-0.3, -0.25) is 9.69 Å². The highest BCUT2D eigenvalue weighted by Crippen LogP contribution is 2.23. The van der Waals surface area contributed by atoms with Gasteiger partial charge in [-0.05, 0) is 51.1 Å². The number of nitrogens with zero attached hydrogens (tertiary/aromatic N) is 1. The Morgan fingerprint density at radius 2 is 2.05 bits per heavy atom. The fourth-order valence-corrected chi connectivity index (χ4v) is 2.51. The Labute approximate surface area is 117 Å². The predicted molar refractivity (Wildman–Crippen MR) is 74.9 cm³/mol. The van der Waals surface area contributed by atoms with Crippen molar-refractivity contribution in [1.82, 2.24) is 4.90 Å². The molecule has 104 valence electrons. The molecule has 1 aliphatic heterocycles. The molecule has 1 N–H and O–H groups in total. The van der Waals surface area contributed by atoms with Crippen LogP contribution in [0.15, 0.2) is 18.2 Å². The molecule has 0 bridgehead atoms. The monoisotopic (exact) mass is 284 g/mol. The Bertz CT molecular complexity index is 461. The highest BCUT2D eigenvalue weighted by molar-refractivity contribution is 6.33. The largest absolute Gasteiger partial charge is 0.323 e. The molecule has 1 heterocycles. The van der Waals surface area contributed by atoms with E-state index in [9.17, 15) is 9.18 Å². The molecule has 1 fully saturated rings. The van der Waals surface area contributed by atoms with Gasteiger partial charge < -0.3 is 5.32 Å². The average molecular weight is 285 g/mol. The van der Waals surface area contributed by atoms with Crippen LogP contribution in [0.5, 0.6) is 0 Å². The van der Waals surface area contributed by atoms with E-state index in [0.29, 0.717) is 5.69 Å². The quantitative estimate of drug-likeness (QED) is 0.924. The summed E-state index contributed by atoms with van der Waals surface area (Å²) in [5, 5.41) is 2.98. The number of nitrogens with one attached hydrogen (secondary N) is 1. The van der Waals surface area contributed by atoms with Crippen molar-refractivity contribution in [3.8, 4) is 0 Å². The lowest BCUT2D eigenvalue weighted by Gasteiger charge is -2.31. The second-order valence-electron chi connectivity index (χ2n) is 4.89. The zero-order valence-corrected chi connectivity index (χ0v) is 11.7. The van der Waals surface area contributed by atoms with Crippen molar-refractivity contribution in [2.24, 2.45) is 0 Å². The van der Waals surface area contributed by atoms with Gasteiger partial charge in [0.15, 0.2) is 0 Å². The predicted octanol–water partition coefficient (Wildman–Crippen LogP) is 3.29. The van der Waals surface area contributed by atoms with E-state index in [4.69, 9.17) is 11.6 Å². The fraction of sp³-hybridized carbons (Fsp3) is 0.500. The Morgan fingerprint density at radius 3 is 2.68 bits per heavy atom. The van der Waals surface area contributed by atoms with E-state index in [-0.39, 0.29) is 17.0 Å². The van der Waals surface area contributed by atoms with Crippen molar-refractivity contribution in [2.75, 3.05) is 18.4 Å². The molecule has 1 atom stereocenters. The highest BCUT2D eigenvalue weighted by atomic mass is 35.5. The van der Waals surface area contributed by atoms with Crippen LogP contribution in [-0.2, 0) is 4.79 Å². The number of rotatable bonds is 3. The van der Waals surface area contributed by atoms with Gasteiger partial charge in [-0.25, -0.2) is 4.39 Å². The molecule has 1 aromatic carbocycles. The molecule has 1 aliphatic rings. The van der Waals surface area contributed by atoms with E-state index in [1.54, 1.807) is 0 Å². The summed E-state index contributed by atoms with van der Waals surface area (Å²) in [6.45, 7) is 3.79. The number of halogens is 2. The van der Waals surface area contributed by atoms with E-state index in [0.717, 1.165) is 25.9 Å². The highest BCUT2D eigenvalue weighted by Gasteiger charge is 2.23. The maximum atomic E-state index is 12.9. The molecule has 1 saturated heterocycles. The first kappa shape index (κ1) is 14.3. The number of amides is 1. The standard InChI is InChI=1S/C14H18ClFN2O/c1-10(18-7-3-2-4-8-18)14(19)17-13-6-5-11(16)9-12(13)15/h5-6,9-10H,2-4,7-8H2,1H3,(H,17,19). The fourth-order valence-electron chi connectivity index (χ4n) is 2.30. The van der Waals surface area contributed by atoms with E-state index < -0.39 is 5.82 Å². The van der Waals surface area contributed by atoms with Crippen LogP contribution in [0.1, 0.15) is 26.2 Å². The summed E-state index contributed by atoms with van der Waals surface area (Å²) in [7, 11) is 0. The minimum atomic E-state index is -0.410. The van der Waals surface area contributed by atoms with Crippen LogP contribution in [0, 0.1) is 5.82 Å². The van der Waals surface area contributed by atoms with Crippen molar-refractivity contribution in [3.05, 3.63) is 29.0 Å². The first-order chi connectivity index (χ1) is 9.08. The Morgan fingerprint density at radius 1 is 1.37 bits per heavy atom. The Kier molecular flexibility index (Phi) is 4.77. The molecule has 2 rings (SSSR count). The molecule has 0 spiro atoms. The number of carbonyl (C=O) groups excluding carboxylic acids is 1. The maximum Gasteiger partial charge on any atom is 0.241 e. The van der Waals surface area contributed by atoms with Gasteiger partial charge in [-0.15, -0.1) is 0 Å². The summed E-state index contributed by atoms with van der Waals surface area (Å²) < 4.78 is 12.9. The first-order valence-corrected chi connectivity index (χ1v) is 6.95. The molecule has 1 unspecified atom stereocenters. The van der Waals surface area contributed by atoms with Gasteiger partial charge in [0.1, 0.15) is 5.82 Å². The number of hydrogen-bond acceptors (Lipinski definition) is 2. The zero-order valence-electron chi connectivity index (χ0n) is 11.0. The van der Waals surface area contributed by atoms with Crippen LogP contribution in [0.4, 0.5) is 10.1 Å². The van der Waals surface area contributed by atoms with Crippen molar-refractivity contribution < 1.29 is 9.18 Å². The summed E-state index contributed by atoms with van der Waals surface area (Å²) in [5.41, 5.74) is 0.455. The summed E-state index contributed by atoms with van der Waals surface area (Å²) in [6, 6.07) is 3.77. The summed E-state index contributed by atoms with van der Waals surface area (Å²) in [4.78, 5) is 14.3. The molecular formula is C14H18ClFN2O. The molecule has 0 radical (unpaired) electrons. The number of piperidine rings is 1. The number of hydrogen-bond donors (Lipinski definition) is 1. The molecule has 1 aromatic rings. The van der Waals surface area contributed by atoms with Gasteiger partial charge in [0, 0.05) is 0 Å². The second-order valence-corrected chi connectivity index (χ2v) is 5.29. The molecule has 0 aliphatic carbocycles. The molecule has 0 aromatic heterocycles. The van der Waals surface area contributed by atoms with Gasteiger partial charge >= 0.3 is 0 Å². The SMILES string of the molecule is CC(C(=O)Nc1ccc(F)cc1Cl)N1CCCCC1. The van der Waals surface area contributed by atoms with E-state index in [1.165, 1.54) is 24.6 Å². The molecule has 1 amide bonds. The lowest BCUT2D eigenvalue weighted by Crippen LogP contribution is -2.44. The van der Waals surface area contributed by atoms with Gasteiger partial charge in [-0.2, -0.15) is 0 Å². The third kappa shape index (κ3) is 3.67. The van der Waals surface area contributed by atoms with Crippen LogP contribution < -0.4 is 5.32 Å². The molecule has 0 saturated carbocycles. The van der Waals surface area contributed by atoms with Gasteiger partial charge in [0.2, 0.25) is 5.91 Å². The number of carbonyl (C=O) groups is 1. The van der Waals surface area contributed by atoms with Crippen LogP contribution in [0.3, 0.4) is 0 Å². The maximum absolute atomic E-state index is 12.9. The Balaban J connectivity index is 1.99. The van der Waals surface area contributed by atoms with E-state index in [1.807, 2.05) is 6.92 Å². The normalized spacial score (nSPS) is 18.1. The van der Waals surface area contributed by atoms with Crippen LogP contribution >= 0.6 is 11.6 Å². The molecular weight excluding hydrogens is 267 g/mol.